The third-order valence-corrected chi connectivity index (χ3v) is 5.73. The molecule has 0 bridgehead atoms. The summed E-state index contributed by atoms with van der Waals surface area (Å²) < 4.78 is 10.3. The summed E-state index contributed by atoms with van der Waals surface area (Å²) in [6.07, 6.45) is 3.62. The van der Waals surface area contributed by atoms with E-state index in [0.717, 1.165) is 25.2 Å². The minimum absolute atomic E-state index is 0.0460. The molecule has 136 valence electrons. The number of ether oxygens (including phenoxy) is 1. The average Bonchev–Trinajstić information content (AvgIpc) is 3.03. The first-order valence-electron chi connectivity index (χ1n) is 8.40. The fraction of sp³-hybridized carbons (Fsp3) is 0.765. The number of hydrogen-bond donors (Lipinski definition) is 2. The Hall–Kier alpha value is -1.05. The first kappa shape index (κ1) is 19.3. The molecule has 7 heteroatoms. The van der Waals surface area contributed by atoms with E-state index in [2.05, 4.69) is 10.5 Å². The van der Waals surface area contributed by atoms with Crippen LogP contribution < -0.4 is 5.32 Å². The number of anilines is 1. The number of thioether (sulfide) groups is 1. The summed E-state index contributed by atoms with van der Waals surface area (Å²) in [5, 5.41) is 16.1. The third-order valence-electron chi connectivity index (χ3n) is 4.29. The van der Waals surface area contributed by atoms with Crippen molar-refractivity contribution in [3.63, 3.8) is 0 Å². The molecule has 1 aliphatic heterocycles. The van der Waals surface area contributed by atoms with Crippen molar-refractivity contribution in [1.82, 2.24) is 5.16 Å². The fourth-order valence-electron chi connectivity index (χ4n) is 2.30. The van der Waals surface area contributed by atoms with Gasteiger partial charge in [-0.15, -0.1) is 11.8 Å². The molecule has 2 N–H and O–H groups in total. The predicted molar refractivity (Wildman–Crippen MR) is 95.4 cm³/mol. The lowest BCUT2D eigenvalue weighted by Crippen LogP contribution is -2.36. The lowest BCUT2D eigenvalue weighted by Gasteiger charge is -2.27. The number of rotatable bonds is 7. The van der Waals surface area contributed by atoms with E-state index < -0.39 is 10.2 Å². The van der Waals surface area contributed by atoms with Crippen molar-refractivity contribution in [3.05, 3.63) is 11.8 Å². The Morgan fingerprint density at radius 3 is 2.79 bits per heavy atom. The Morgan fingerprint density at radius 2 is 2.17 bits per heavy atom. The quantitative estimate of drug-likeness (QED) is 0.781. The summed E-state index contributed by atoms with van der Waals surface area (Å²) in [7, 11) is 0. The van der Waals surface area contributed by atoms with Gasteiger partial charge in [-0.05, 0) is 33.1 Å². The Kier molecular flexibility index (Phi) is 6.33. The molecule has 1 saturated heterocycles. The molecule has 1 aromatic heterocycles. The Bertz CT molecular complexity index is 551. The largest absolute Gasteiger partial charge is 0.395 e. The molecule has 0 saturated carbocycles. The van der Waals surface area contributed by atoms with E-state index in [1.165, 1.54) is 6.42 Å². The average molecular weight is 356 g/mol. The lowest BCUT2D eigenvalue weighted by atomic mass is 9.91. The first-order chi connectivity index (χ1) is 11.2. The Morgan fingerprint density at radius 1 is 1.42 bits per heavy atom. The molecule has 0 radical (unpaired) electrons. The van der Waals surface area contributed by atoms with Crippen molar-refractivity contribution in [2.24, 2.45) is 0 Å². The smallest absolute Gasteiger partial charge is 0.242 e. The van der Waals surface area contributed by atoms with E-state index >= 15 is 0 Å². The second-order valence-electron chi connectivity index (χ2n) is 7.38. The second kappa shape index (κ2) is 7.89. The van der Waals surface area contributed by atoms with Gasteiger partial charge in [0.1, 0.15) is 0 Å². The highest BCUT2D eigenvalue weighted by atomic mass is 32.2. The van der Waals surface area contributed by atoms with Crippen LogP contribution in [0.25, 0.3) is 0 Å². The maximum absolute atomic E-state index is 12.5. The molecular formula is C17H28N2O4S. The van der Waals surface area contributed by atoms with Crippen LogP contribution in [0.3, 0.4) is 0 Å². The van der Waals surface area contributed by atoms with Crippen LogP contribution in [0.4, 0.5) is 5.88 Å². The van der Waals surface area contributed by atoms with E-state index in [0.29, 0.717) is 11.6 Å². The van der Waals surface area contributed by atoms with Crippen LogP contribution in [0.1, 0.15) is 52.7 Å². The second-order valence-corrected chi connectivity index (χ2v) is 9.03. The number of carbonyl (C=O) groups excluding carboxylic acids is 1. The third kappa shape index (κ3) is 4.97. The zero-order valence-corrected chi connectivity index (χ0v) is 15.7. The van der Waals surface area contributed by atoms with E-state index in [4.69, 9.17) is 9.26 Å². The number of amides is 1. The normalized spacial score (nSPS) is 19.3. The highest BCUT2D eigenvalue weighted by Gasteiger charge is 2.31. The van der Waals surface area contributed by atoms with Gasteiger partial charge in [0.25, 0.3) is 0 Å². The molecule has 0 aromatic carbocycles. The zero-order valence-electron chi connectivity index (χ0n) is 14.9. The van der Waals surface area contributed by atoms with Crippen LogP contribution in [0.15, 0.2) is 10.6 Å². The van der Waals surface area contributed by atoms with Gasteiger partial charge in [0, 0.05) is 23.8 Å². The Balaban J connectivity index is 1.90. The minimum atomic E-state index is -0.597. The van der Waals surface area contributed by atoms with Gasteiger partial charge in [0.2, 0.25) is 11.8 Å². The van der Waals surface area contributed by atoms with Crippen molar-refractivity contribution in [3.8, 4) is 0 Å². The van der Waals surface area contributed by atoms with Crippen LogP contribution in [-0.2, 0) is 14.9 Å². The monoisotopic (exact) mass is 356 g/mol. The van der Waals surface area contributed by atoms with E-state index in [-0.39, 0.29) is 18.6 Å². The summed E-state index contributed by atoms with van der Waals surface area (Å²) >= 11 is 1.59. The number of nitrogens with zero attached hydrogens (tertiary/aromatic N) is 1. The van der Waals surface area contributed by atoms with Gasteiger partial charge in [-0.2, -0.15) is 0 Å². The maximum Gasteiger partial charge on any atom is 0.242 e. The molecular weight excluding hydrogens is 328 g/mol. The minimum Gasteiger partial charge on any atom is -0.395 e. The molecule has 24 heavy (non-hydrogen) atoms. The van der Waals surface area contributed by atoms with Gasteiger partial charge >= 0.3 is 0 Å². The first-order valence-corrected chi connectivity index (χ1v) is 9.38. The summed E-state index contributed by atoms with van der Waals surface area (Å²) in [6, 6.07) is 1.67. The highest BCUT2D eigenvalue weighted by molar-refractivity contribution is 8.01. The fourth-order valence-corrected chi connectivity index (χ4v) is 3.35. The molecule has 0 spiro atoms. The van der Waals surface area contributed by atoms with Crippen molar-refractivity contribution in [1.29, 1.82) is 0 Å². The number of carbonyl (C=O) groups is 1. The molecule has 1 amide bonds. The number of hydrogen-bond acceptors (Lipinski definition) is 6. The van der Waals surface area contributed by atoms with Gasteiger partial charge < -0.3 is 14.4 Å². The Labute approximate surface area is 147 Å². The number of nitrogens with one attached hydrogen (secondary N) is 1. The van der Waals surface area contributed by atoms with E-state index in [9.17, 15) is 9.90 Å². The number of aromatic nitrogens is 1. The molecule has 1 atom stereocenters. The van der Waals surface area contributed by atoms with E-state index in [1.807, 2.05) is 27.7 Å². The lowest BCUT2D eigenvalue weighted by molar-refractivity contribution is -0.117. The van der Waals surface area contributed by atoms with Gasteiger partial charge in [-0.1, -0.05) is 19.0 Å². The van der Waals surface area contributed by atoms with Crippen LogP contribution in [-0.4, -0.2) is 46.0 Å². The van der Waals surface area contributed by atoms with Crippen LogP contribution in [0.2, 0.25) is 0 Å². The molecule has 1 aliphatic rings. The molecule has 1 unspecified atom stereocenters. The summed E-state index contributed by atoms with van der Waals surface area (Å²) in [4.78, 5) is 12.5. The van der Waals surface area contributed by atoms with Crippen LogP contribution in [0, 0.1) is 0 Å². The van der Waals surface area contributed by atoms with Gasteiger partial charge in [-0.25, -0.2) is 0 Å². The van der Waals surface area contributed by atoms with Gasteiger partial charge in [0.05, 0.1) is 23.2 Å². The summed E-state index contributed by atoms with van der Waals surface area (Å²) in [5.41, 5.74) is 0.107. The zero-order chi connectivity index (χ0) is 17.8. The van der Waals surface area contributed by atoms with Crippen LogP contribution in [0.5, 0.6) is 0 Å². The molecule has 6 nitrogen and oxygen atoms in total. The predicted octanol–water partition coefficient (Wildman–Crippen LogP) is 2.96. The molecule has 2 rings (SSSR count). The topological polar surface area (TPSA) is 84.6 Å². The van der Waals surface area contributed by atoms with Crippen molar-refractivity contribution in [2.75, 3.05) is 24.3 Å². The molecule has 1 aromatic rings. The van der Waals surface area contributed by atoms with Crippen LogP contribution >= 0.6 is 11.8 Å². The van der Waals surface area contributed by atoms with Crippen molar-refractivity contribution >= 4 is 23.6 Å². The van der Waals surface area contributed by atoms with Gasteiger partial charge in [-0.3, -0.25) is 10.1 Å². The van der Waals surface area contributed by atoms with E-state index in [1.54, 1.807) is 17.8 Å². The molecule has 0 aliphatic carbocycles. The maximum atomic E-state index is 12.5. The standard InChI is InChI=1S/C17H28N2O4S/c1-16(2,11-20)13-9-14(23-19-13)18-15(21)17(3,4)24-10-12-7-5-6-8-22-12/h9,12,20H,5-8,10-11H2,1-4H3,(H,18,21). The SMILES string of the molecule is CC(C)(SCC1CCCCO1)C(=O)Nc1cc(C(C)(C)CO)no1. The number of aliphatic hydroxyl groups is 1. The van der Waals surface area contributed by atoms with Crippen molar-refractivity contribution < 1.29 is 19.2 Å². The molecule has 1 fully saturated rings. The molecule has 2 heterocycles. The van der Waals surface area contributed by atoms with Crippen molar-refractivity contribution in [2.45, 2.75) is 63.2 Å². The number of aliphatic hydroxyl groups excluding tert-OH is 1. The highest BCUT2D eigenvalue weighted by Crippen LogP contribution is 2.30. The van der Waals surface area contributed by atoms with Gasteiger partial charge in [0.15, 0.2) is 0 Å². The summed E-state index contributed by atoms with van der Waals surface area (Å²) in [5.74, 6) is 0.978. The summed E-state index contributed by atoms with van der Waals surface area (Å²) in [6.45, 7) is 8.28.